The van der Waals surface area contributed by atoms with Gasteiger partial charge in [-0.15, -0.1) is 0 Å². The van der Waals surface area contributed by atoms with Gasteiger partial charge in [-0.05, 0) is 19.3 Å². The normalized spacial score (nSPS) is 14.9. The number of amides is 1. The molecule has 0 unspecified atom stereocenters. The van der Waals surface area contributed by atoms with Crippen molar-refractivity contribution in [1.29, 1.82) is 0 Å². The summed E-state index contributed by atoms with van der Waals surface area (Å²) in [4.78, 5) is 23.0. The molecule has 1 heterocycles. The van der Waals surface area contributed by atoms with Crippen LogP contribution >= 0.6 is 0 Å². The SMILES string of the molecule is CC(C)c1ncc(NN)c(C(=O)N(CCO)C2CCC2)n1. The minimum atomic E-state index is -0.203. The summed E-state index contributed by atoms with van der Waals surface area (Å²) < 4.78 is 0. The van der Waals surface area contributed by atoms with Crippen molar-refractivity contribution in [3.63, 3.8) is 0 Å². The monoisotopic (exact) mass is 293 g/mol. The summed E-state index contributed by atoms with van der Waals surface area (Å²) in [6, 6.07) is 0.188. The fraction of sp³-hybridized carbons (Fsp3) is 0.643. The van der Waals surface area contributed by atoms with Crippen LogP contribution < -0.4 is 11.3 Å². The Bertz CT molecular complexity index is 502. The lowest BCUT2D eigenvalue weighted by atomic mass is 9.91. The molecule has 1 saturated carbocycles. The minimum absolute atomic E-state index is 0.0598. The van der Waals surface area contributed by atoms with Crippen LogP contribution in [-0.2, 0) is 0 Å². The molecule has 1 aromatic heterocycles. The molecule has 1 aliphatic rings. The summed E-state index contributed by atoms with van der Waals surface area (Å²) in [6.45, 7) is 4.19. The van der Waals surface area contributed by atoms with Crippen molar-refractivity contribution in [2.24, 2.45) is 5.84 Å². The molecule has 0 radical (unpaired) electrons. The van der Waals surface area contributed by atoms with E-state index in [0.717, 1.165) is 19.3 Å². The number of hydrogen-bond donors (Lipinski definition) is 3. The third-order valence-electron chi connectivity index (χ3n) is 3.80. The number of aliphatic hydroxyl groups excluding tert-OH is 1. The molecule has 2 rings (SSSR count). The molecule has 0 saturated heterocycles. The first kappa shape index (κ1) is 15.7. The van der Waals surface area contributed by atoms with Gasteiger partial charge in [0.05, 0.1) is 18.5 Å². The maximum absolute atomic E-state index is 12.8. The fourth-order valence-corrected chi connectivity index (χ4v) is 2.33. The zero-order valence-electron chi connectivity index (χ0n) is 12.5. The molecule has 0 aromatic carbocycles. The number of carbonyl (C=O) groups excluding carboxylic acids is 1. The van der Waals surface area contributed by atoms with Crippen molar-refractivity contribution in [2.45, 2.75) is 45.1 Å². The Morgan fingerprint density at radius 3 is 2.76 bits per heavy atom. The fourth-order valence-electron chi connectivity index (χ4n) is 2.33. The number of nitrogen functional groups attached to an aromatic ring is 1. The third-order valence-corrected chi connectivity index (χ3v) is 3.80. The molecule has 1 fully saturated rings. The molecule has 4 N–H and O–H groups in total. The molecule has 1 aliphatic carbocycles. The molecule has 116 valence electrons. The van der Waals surface area contributed by atoms with Crippen LogP contribution in [0.15, 0.2) is 6.20 Å². The molecule has 1 amide bonds. The van der Waals surface area contributed by atoms with Crippen LogP contribution in [0.5, 0.6) is 0 Å². The van der Waals surface area contributed by atoms with Gasteiger partial charge < -0.3 is 15.4 Å². The largest absolute Gasteiger partial charge is 0.395 e. The van der Waals surface area contributed by atoms with E-state index in [0.29, 0.717) is 18.1 Å². The maximum atomic E-state index is 12.8. The molecule has 7 nitrogen and oxygen atoms in total. The van der Waals surface area contributed by atoms with Gasteiger partial charge in [0.15, 0.2) is 5.69 Å². The van der Waals surface area contributed by atoms with Crippen LogP contribution in [0.3, 0.4) is 0 Å². The third kappa shape index (κ3) is 3.30. The van der Waals surface area contributed by atoms with Crippen molar-refractivity contribution >= 4 is 11.6 Å². The second-order valence-corrected chi connectivity index (χ2v) is 5.60. The van der Waals surface area contributed by atoms with Gasteiger partial charge in [0.2, 0.25) is 0 Å². The first-order valence-corrected chi connectivity index (χ1v) is 7.33. The highest BCUT2D eigenvalue weighted by Gasteiger charge is 2.31. The lowest BCUT2D eigenvalue weighted by Gasteiger charge is -2.37. The van der Waals surface area contributed by atoms with E-state index < -0.39 is 0 Å². The Morgan fingerprint density at radius 2 is 2.29 bits per heavy atom. The maximum Gasteiger partial charge on any atom is 0.275 e. The standard InChI is InChI=1S/C14H23N5O2/c1-9(2)13-16-8-11(18-15)12(17-13)14(21)19(6-7-20)10-4-3-5-10/h8-10,18,20H,3-7,15H2,1-2H3. The molecule has 7 heteroatoms. The zero-order valence-corrected chi connectivity index (χ0v) is 12.5. The Hall–Kier alpha value is -1.73. The highest BCUT2D eigenvalue weighted by Crippen LogP contribution is 2.27. The summed E-state index contributed by atoms with van der Waals surface area (Å²) in [7, 11) is 0. The van der Waals surface area contributed by atoms with E-state index in [9.17, 15) is 9.90 Å². The molecule has 0 aliphatic heterocycles. The number of nitrogens with two attached hydrogens (primary N) is 1. The van der Waals surface area contributed by atoms with Gasteiger partial charge in [-0.25, -0.2) is 9.97 Å². The Balaban J connectivity index is 2.32. The molecule has 0 atom stereocenters. The molecular formula is C14H23N5O2. The second-order valence-electron chi connectivity index (χ2n) is 5.60. The summed E-state index contributed by atoms with van der Waals surface area (Å²) in [5.41, 5.74) is 3.16. The van der Waals surface area contributed by atoms with Gasteiger partial charge >= 0.3 is 0 Å². The number of carbonyl (C=O) groups is 1. The number of anilines is 1. The first-order valence-electron chi connectivity index (χ1n) is 7.33. The smallest absolute Gasteiger partial charge is 0.275 e. The average molecular weight is 293 g/mol. The molecular weight excluding hydrogens is 270 g/mol. The molecule has 21 heavy (non-hydrogen) atoms. The number of aromatic nitrogens is 2. The summed E-state index contributed by atoms with van der Waals surface area (Å²) in [6.07, 6.45) is 4.59. The van der Waals surface area contributed by atoms with Crippen LogP contribution in [0.1, 0.15) is 55.3 Å². The van der Waals surface area contributed by atoms with Gasteiger partial charge in [0.1, 0.15) is 5.82 Å². The Morgan fingerprint density at radius 1 is 1.57 bits per heavy atom. The topological polar surface area (TPSA) is 104 Å². The summed E-state index contributed by atoms with van der Waals surface area (Å²) in [5, 5.41) is 9.20. The van der Waals surface area contributed by atoms with E-state index in [1.165, 1.54) is 6.20 Å². The van der Waals surface area contributed by atoms with Crippen molar-refractivity contribution in [1.82, 2.24) is 14.9 Å². The van der Waals surface area contributed by atoms with E-state index in [1.807, 2.05) is 13.8 Å². The van der Waals surface area contributed by atoms with Gasteiger partial charge in [0, 0.05) is 18.5 Å². The van der Waals surface area contributed by atoms with Crippen LogP contribution in [0.25, 0.3) is 0 Å². The molecule has 0 spiro atoms. The van der Waals surface area contributed by atoms with Crippen LogP contribution in [0.4, 0.5) is 5.69 Å². The Labute approximate surface area is 124 Å². The highest BCUT2D eigenvalue weighted by atomic mass is 16.3. The minimum Gasteiger partial charge on any atom is -0.395 e. The first-order chi connectivity index (χ1) is 10.1. The number of rotatable bonds is 6. The van der Waals surface area contributed by atoms with Gasteiger partial charge in [-0.1, -0.05) is 13.8 Å². The van der Waals surface area contributed by atoms with E-state index in [4.69, 9.17) is 5.84 Å². The zero-order chi connectivity index (χ0) is 15.4. The lowest BCUT2D eigenvalue weighted by molar-refractivity contribution is 0.0520. The van der Waals surface area contributed by atoms with Crippen molar-refractivity contribution in [3.05, 3.63) is 17.7 Å². The highest BCUT2D eigenvalue weighted by molar-refractivity contribution is 5.97. The van der Waals surface area contributed by atoms with E-state index in [-0.39, 0.29) is 30.2 Å². The quantitative estimate of drug-likeness (QED) is 0.531. The summed E-state index contributed by atoms with van der Waals surface area (Å²) in [5.74, 6) is 5.99. The molecule has 0 bridgehead atoms. The number of hydrogen-bond acceptors (Lipinski definition) is 6. The molecule has 1 aromatic rings. The lowest BCUT2D eigenvalue weighted by Crippen LogP contribution is -2.46. The van der Waals surface area contributed by atoms with Crippen molar-refractivity contribution < 1.29 is 9.90 Å². The average Bonchev–Trinajstić information content (AvgIpc) is 2.43. The van der Waals surface area contributed by atoms with Gasteiger partial charge in [-0.2, -0.15) is 0 Å². The predicted molar refractivity (Wildman–Crippen MR) is 79.7 cm³/mol. The summed E-state index contributed by atoms with van der Waals surface area (Å²) >= 11 is 0. The number of aliphatic hydroxyl groups is 1. The van der Waals surface area contributed by atoms with Gasteiger partial charge in [-0.3, -0.25) is 10.6 Å². The van der Waals surface area contributed by atoms with E-state index >= 15 is 0 Å². The van der Waals surface area contributed by atoms with Crippen molar-refractivity contribution in [2.75, 3.05) is 18.6 Å². The van der Waals surface area contributed by atoms with Crippen LogP contribution in [0.2, 0.25) is 0 Å². The number of nitrogens with zero attached hydrogens (tertiary/aromatic N) is 3. The number of nitrogens with one attached hydrogen (secondary N) is 1. The van der Waals surface area contributed by atoms with E-state index in [2.05, 4.69) is 15.4 Å². The number of hydrazine groups is 1. The van der Waals surface area contributed by atoms with Crippen LogP contribution in [-0.4, -0.2) is 45.1 Å². The Kier molecular flexibility index (Phi) is 5.08. The van der Waals surface area contributed by atoms with Crippen LogP contribution in [0, 0.1) is 0 Å². The van der Waals surface area contributed by atoms with Crippen molar-refractivity contribution in [3.8, 4) is 0 Å². The van der Waals surface area contributed by atoms with Gasteiger partial charge in [0.25, 0.3) is 5.91 Å². The second kappa shape index (κ2) is 6.82. The predicted octanol–water partition coefficient (Wildman–Crippen LogP) is 0.873. The van der Waals surface area contributed by atoms with E-state index in [1.54, 1.807) is 4.90 Å².